The van der Waals surface area contributed by atoms with Crippen molar-refractivity contribution in [3.8, 4) is 16.2 Å². The first-order chi connectivity index (χ1) is 16.1. The number of likely N-dealkylation sites (tertiary alicyclic amines) is 1. The molecule has 0 bridgehead atoms. The first kappa shape index (κ1) is 24.8. The van der Waals surface area contributed by atoms with Crippen molar-refractivity contribution in [2.45, 2.75) is 83.6 Å². The quantitative estimate of drug-likeness (QED) is 0.466. The summed E-state index contributed by atoms with van der Waals surface area (Å²) in [5, 5.41) is 0. The second-order valence-electron chi connectivity index (χ2n) is 10.8. The lowest BCUT2D eigenvalue weighted by atomic mass is 9.63. The third-order valence-corrected chi connectivity index (χ3v) is 8.68. The summed E-state index contributed by atoms with van der Waals surface area (Å²) in [6.07, 6.45) is 4.78. The van der Waals surface area contributed by atoms with Crippen LogP contribution in [0.1, 0.15) is 87.5 Å². The molecule has 2 aromatic rings. The second kappa shape index (κ2) is 9.37. The van der Waals surface area contributed by atoms with E-state index in [4.69, 9.17) is 9.47 Å². The number of benzene rings is 1. The number of piperidine rings is 1. The van der Waals surface area contributed by atoms with Crippen LogP contribution in [-0.4, -0.2) is 43.1 Å². The van der Waals surface area contributed by atoms with Crippen molar-refractivity contribution >= 4 is 23.2 Å². The Hall–Kier alpha value is -2.34. The zero-order valence-corrected chi connectivity index (χ0v) is 22.1. The van der Waals surface area contributed by atoms with Crippen LogP contribution in [0, 0.1) is 0 Å². The summed E-state index contributed by atoms with van der Waals surface area (Å²) < 4.78 is 11.1. The average molecular weight is 484 g/mol. The van der Waals surface area contributed by atoms with Crippen LogP contribution in [0.3, 0.4) is 0 Å². The van der Waals surface area contributed by atoms with Crippen LogP contribution in [0.25, 0.3) is 10.4 Å². The molecule has 1 fully saturated rings. The number of thiophene rings is 1. The minimum absolute atomic E-state index is 0.0858. The summed E-state index contributed by atoms with van der Waals surface area (Å²) in [5.74, 6) is 0.452. The summed E-state index contributed by atoms with van der Waals surface area (Å²) in [4.78, 5) is 29.3. The fourth-order valence-electron chi connectivity index (χ4n) is 5.35. The van der Waals surface area contributed by atoms with E-state index < -0.39 is 6.04 Å². The van der Waals surface area contributed by atoms with E-state index in [1.54, 1.807) is 18.9 Å². The first-order valence-electron chi connectivity index (χ1n) is 12.4. The number of carbonyl (C=O) groups excluding carboxylic acids is 2. The van der Waals surface area contributed by atoms with Crippen LogP contribution in [0.2, 0.25) is 0 Å². The maximum Gasteiger partial charge on any atom is 0.328 e. The molecule has 1 aliphatic heterocycles. The number of hydrogen-bond donors (Lipinski definition) is 0. The fourth-order valence-corrected chi connectivity index (χ4v) is 6.34. The fraction of sp³-hybridized carbons (Fsp3) is 0.571. The molecule has 5 nitrogen and oxygen atoms in total. The molecule has 1 atom stereocenters. The van der Waals surface area contributed by atoms with Gasteiger partial charge in [0.15, 0.2) is 0 Å². The Morgan fingerprint density at radius 3 is 2.38 bits per heavy atom. The predicted octanol–water partition coefficient (Wildman–Crippen LogP) is 6.33. The third kappa shape index (κ3) is 4.49. The van der Waals surface area contributed by atoms with Crippen molar-refractivity contribution in [2.75, 3.05) is 20.3 Å². The zero-order valence-electron chi connectivity index (χ0n) is 21.3. The molecule has 2 aliphatic rings. The zero-order chi connectivity index (χ0) is 24.7. The van der Waals surface area contributed by atoms with Gasteiger partial charge in [-0.3, -0.25) is 4.79 Å². The van der Waals surface area contributed by atoms with Crippen LogP contribution in [0.15, 0.2) is 24.3 Å². The minimum atomic E-state index is -0.493. The summed E-state index contributed by atoms with van der Waals surface area (Å²) >= 11 is 1.47. The molecule has 1 saturated heterocycles. The highest BCUT2D eigenvalue weighted by Gasteiger charge is 2.38. The van der Waals surface area contributed by atoms with Crippen LogP contribution in [0.4, 0.5) is 0 Å². The Bertz CT molecular complexity index is 1080. The van der Waals surface area contributed by atoms with E-state index in [1.807, 2.05) is 12.1 Å². The smallest absolute Gasteiger partial charge is 0.328 e. The van der Waals surface area contributed by atoms with Crippen molar-refractivity contribution in [2.24, 2.45) is 0 Å². The van der Waals surface area contributed by atoms with Gasteiger partial charge in [-0.1, -0.05) is 27.7 Å². The Kier molecular flexibility index (Phi) is 6.83. The molecule has 1 unspecified atom stereocenters. The van der Waals surface area contributed by atoms with Gasteiger partial charge in [-0.2, -0.15) is 0 Å². The highest BCUT2D eigenvalue weighted by Crippen LogP contribution is 2.49. The number of ether oxygens (including phenoxy) is 2. The molecule has 0 saturated carbocycles. The molecule has 0 spiro atoms. The molecule has 1 aromatic heterocycles. The van der Waals surface area contributed by atoms with Gasteiger partial charge < -0.3 is 14.4 Å². The Balaban J connectivity index is 1.69. The Labute approximate surface area is 207 Å². The summed E-state index contributed by atoms with van der Waals surface area (Å²) in [5.41, 5.74) is 3.92. The molecular weight excluding hydrogens is 446 g/mol. The molecule has 1 aromatic carbocycles. The summed E-state index contributed by atoms with van der Waals surface area (Å²) in [7, 11) is 1.71. The number of amides is 1. The summed E-state index contributed by atoms with van der Waals surface area (Å²) in [6.45, 7) is 11.9. The van der Waals surface area contributed by atoms with E-state index in [0.717, 1.165) is 41.9 Å². The molecule has 4 rings (SSSR count). The molecule has 2 heterocycles. The Morgan fingerprint density at radius 2 is 1.74 bits per heavy atom. The molecule has 184 valence electrons. The van der Waals surface area contributed by atoms with Crippen LogP contribution >= 0.6 is 11.3 Å². The van der Waals surface area contributed by atoms with Gasteiger partial charge in [0.2, 0.25) is 0 Å². The number of methoxy groups -OCH3 is 1. The molecule has 0 radical (unpaired) electrons. The number of carbonyl (C=O) groups is 2. The van der Waals surface area contributed by atoms with Crippen molar-refractivity contribution in [3.05, 3.63) is 40.3 Å². The van der Waals surface area contributed by atoms with Crippen molar-refractivity contribution in [1.29, 1.82) is 0 Å². The number of fused-ring (bicyclic) bond motifs is 1. The lowest BCUT2D eigenvalue weighted by Crippen LogP contribution is -2.48. The number of hydrogen-bond acceptors (Lipinski definition) is 5. The van der Waals surface area contributed by atoms with Crippen LogP contribution < -0.4 is 4.74 Å². The SMILES string of the molecule is CCOC(=O)C1CCCCN1C(=O)c1ccc(-c2cc3c(cc2OC)C(C)(C)CCC3(C)C)s1. The van der Waals surface area contributed by atoms with Gasteiger partial charge in [-0.05, 0) is 85.3 Å². The van der Waals surface area contributed by atoms with Gasteiger partial charge in [0.05, 0.1) is 18.6 Å². The lowest BCUT2D eigenvalue weighted by molar-refractivity contribution is -0.149. The summed E-state index contributed by atoms with van der Waals surface area (Å²) in [6, 6.07) is 7.87. The van der Waals surface area contributed by atoms with Crippen molar-refractivity contribution in [3.63, 3.8) is 0 Å². The predicted molar refractivity (Wildman–Crippen MR) is 137 cm³/mol. The van der Waals surface area contributed by atoms with E-state index in [1.165, 1.54) is 22.5 Å². The lowest BCUT2D eigenvalue weighted by Gasteiger charge is -2.42. The first-order valence-corrected chi connectivity index (χ1v) is 13.2. The van der Waals surface area contributed by atoms with Crippen molar-refractivity contribution in [1.82, 2.24) is 4.90 Å². The van der Waals surface area contributed by atoms with E-state index >= 15 is 0 Å². The highest BCUT2D eigenvalue weighted by molar-refractivity contribution is 7.17. The highest BCUT2D eigenvalue weighted by atomic mass is 32.1. The minimum Gasteiger partial charge on any atom is -0.496 e. The Morgan fingerprint density at radius 1 is 1.06 bits per heavy atom. The third-order valence-electron chi connectivity index (χ3n) is 7.58. The van der Waals surface area contributed by atoms with E-state index in [-0.39, 0.29) is 22.7 Å². The van der Waals surface area contributed by atoms with Crippen molar-refractivity contribution < 1.29 is 19.1 Å². The van der Waals surface area contributed by atoms with Gasteiger partial charge in [-0.25, -0.2) is 4.79 Å². The molecule has 1 amide bonds. The van der Waals surface area contributed by atoms with Gasteiger partial charge in [0.1, 0.15) is 11.8 Å². The molecule has 6 heteroatoms. The van der Waals surface area contributed by atoms with Gasteiger partial charge in [-0.15, -0.1) is 11.3 Å². The van der Waals surface area contributed by atoms with Gasteiger partial charge >= 0.3 is 5.97 Å². The van der Waals surface area contributed by atoms with Gasteiger partial charge in [0, 0.05) is 17.0 Å². The number of rotatable bonds is 5. The van der Waals surface area contributed by atoms with E-state index in [0.29, 0.717) is 24.4 Å². The molecule has 34 heavy (non-hydrogen) atoms. The monoisotopic (exact) mass is 483 g/mol. The number of esters is 1. The maximum absolute atomic E-state index is 13.4. The maximum atomic E-state index is 13.4. The van der Waals surface area contributed by atoms with E-state index in [9.17, 15) is 9.59 Å². The average Bonchev–Trinajstić information content (AvgIpc) is 3.31. The number of nitrogens with zero attached hydrogens (tertiary/aromatic N) is 1. The van der Waals surface area contributed by atoms with Gasteiger partial charge in [0.25, 0.3) is 5.91 Å². The molecule has 1 aliphatic carbocycles. The molecular formula is C28H37NO4S. The topological polar surface area (TPSA) is 55.8 Å². The normalized spacial score (nSPS) is 21.0. The molecule has 0 N–H and O–H groups in total. The second-order valence-corrected chi connectivity index (χ2v) is 11.9. The standard InChI is InChI=1S/C28H37NO4S/c1-7-33-26(31)21-10-8-9-15-29(21)25(30)24-12-11-23(34-24)18-16-19-20(17-22(18)32-6)28(4,5)14-13-27(19,2)3/h11-12,16-17,21H,7-10,13-15H2,1-6H3. The van der Waals surface area contributed by atoms with Crippen LogP contribution in [-0.2, 0) is 20.4 Å². The largest absolute Gasteiger partial charge is 0.496 e. The van der Waals surface area contributed by atoms with Crippen LogP contribution in [0.5, 0.6) is 5.75 Å². The van der Waals surface area contributed by atoms with E-state index in [2.05, 4.69) is 39.8 Å².